The van der Waals surface area contributed by atoms with Gasteiger partial charge in [0, 0.05) is 24.3 Å². The molecule has 0 unspecified atom stereocenters. The Labute approximate surface area is 121 Å². The summed E-state index contributed by atoms with van der Waals surface area (Å²) in [6.07, 6.45) is 7.70. The first-order valence-electron chi connectivity index (χ1n) is 7.45. The Bertz CT molecular complexity index is 477. The number of nitrogens with zero attached hydrogens (tertiary/aromatic N) is 2. The molecule has 0 spiro atoms. The van der Waals surface area contributed by atoms with E-state index in [0.29, 0.717) is 6.04 Å². The molecular formula is C16H25N3O. The van der Waals surface area contributed by atoms with Crippen molar-refractivity contribution < 1.29 is 5.21 Å². The van der Waals surface area contributed by atoms with Crippen LogP contribution in [0.2, 0.25) is 0 Å². The Kier molecular flexibility index (Phi) is 4.88. The van der Waals surface area contributed by atoms with Gasteiger partial charge in [-0.05, 0) is 37.5 Å². The van der Waals surface area contributed by atoms with E-state index in [1.165, 1.54) is 44.1 Å². The van der Waals surface area contributed by atoms with Crippen LogP contribution in [0.25, 0.3) is 0 Å². The van der Waals surface area contributed by atoms with Gasteiger partial charge in [-0.3, -0.25) is 0 Å². The highest BCUT2D eigenvalue weighted by atomic mass is 16.4. The number of nitrogens with two attached hydrogens (primary N) is 1. The maximum absolute atomic E-state index is 8.96. The van der Waals surface area contributed by atoms with Gasteiger partial charge in [-0.2, -0.15) is 0 Å². The van der Waals surface area contributed by atoms with Crippen LogP contribution in [0.1, 0.15) is 49.7 Å². The molecule has 1 aliphatic carbocycles. The van der Waals surface area contributed by atoms with Crippen molar-refractivity contribution in [3.8, 4) is 0 Å². The van der Waals surface area contributed by atoms with Crippen molar-refractivity contribution in [1.29, 1.82) is 0 Å². The van der Waals surface area contributed by atoms with Gasteiger partial charge >= 0.3 is 0 Å². The summed E-state index contributed by atoms with van der Waals surface area (Å²) in [6, 6.07) is 6.60. The van der Waals surface area contributed by atoms with Crippen LogP contribution in [-0.4, -0.2) is 24.1 Å². The van der Waals surface area contributed by atoms with Crippen LogP contribution in [0.4, 0.5) is 5.69 Å². The van der Waals surface area contributed by atoms with E-state index in [0.717, 1.165) is 11.3 Å². The molecule has 3 N–H and O–H groups in total. The van der Waals surface area contributed by atoms with Crippen LogP contribution >= 0.6 is 0 Å². The lowest BCUT2D eigenvalue weighted by Gasteiger charge is -2.31. The second-order valence-corrected chi connectivity index (χ2v) is 5.76. The van der Waals surface area contributed by atoms with Crippen LogP contribution in [0.5, 0.6) is 0 Å². The van der Waals surface area contributed by atoms with Crippen molar-refractivity contribution >= 4 is 11.5 Å². The SMILES string of the molecule is Cc1ccc(C(N)=NO)c(N(C)C2CCCCCC2)c1. The van der Waals surface area contributed by atoms with Gasteiger partial charge in [0.2, 0.25) is 0 Å². The molecule has 0 atom stereocenters. The van der Waals surface area contributed by atoms with E-state index in [2.05, 4.69) is 30.1 Å². The van der Waals surface area contributed by atoms with Crippen molar-refractivity contribution in [1.82, 2.24) is 0 Å². The average Bonchev–Trinajstić information content (AvgIpc) is 2.74. The zero-order chi connectivity index (χ0) is 14.5. The summed E-state index contributed by atoms with van der Waals surface area (Å²) in [5.41, 5.74) is 8.88. The third-order valence-corrected chi connectivity index (χ3v) is 4.29. The molecule has 0 aliphatic heterocycles. The molecule has 20 heavy (non-hydrogen) atoms. The lowest BCUT2D eigenvalue weighted by molar-refractivity contribution is 0.318. The Morgan fingerprint density at radius 1 is 1.25 bits per heavy atom. The molecule has 0 bridgehead atoms. The highest BCUT2D eigenvalue weighted by molar-refractivity contribution is 6.02. The van der Waals surface area contributed by atoms with Crippen molar-refractivity contribution in [3.63, 3.8) is 0 Å². The summed E-state index contributed by atoms with van der Waals surface area (Å²) in [4.78, 5) is 2.31. The van der Waals surface area contributed by atoms with Crippen LogP contribution in [0.15, 0.2) is 23.4 Å². The Morgan fingerprint density at radius 3 is 2.50 bits per heavy atom. The normalized spacial score (nSPS) is 17.8. The number of hydrogen-bond acceptors (Lipinski definition) is 3. The van der Waals surface area contributed by atoms with Gasteiger partial charge in [0.05, 0.1) is 0 Å². The maximum atomic E-state index is 8.96. The molecule has 1 fully saturated rings. The lowest BCUT2D eigenvalue weighted by atomic mass is 10.0. The summed E-state index contributed by atoms with van der Waals surface area (Å²) in [5.74, 6) is 0.181. The van der Waals surface area contributed by atoms with E-state index >= 15 is 0 Å². The minimum atomic E-state index is 0.181. The zero-order valence-electron chi connectivity index (χ0n) is 12.5. The Morgan fingerprint density at radius 2 is 1.90 bits per heavy atom. The van der Waals surface area contributed by atoms with E-state index in [4.69, 9.17) is 10.9 Å². The second-order valence-electron chi connectivity index (χ2n) is 5.76. The van der Waals surface area contributed by atoms with Gasteiger partial charge in [0.15, 0.2) is 5.84 Å². The van der Waals surface area contributed by atoms with E-state index in [-0.39, 0.29) is 5.84 Å². The fourth-order valence-corrected chi connectivity index (χ4v) is 3.05. The molecular weight excluding hydrogens is 250 g/mol. The van der Waals surface area contributed by atoms with Crippen molar-refractivity contribution in [2.45, 2.75) is 51.5 Å². The number of oxime groups is 1. The second kappa shape index (κ2) is 6.64. The largest absolute Gasteiger partial charge is 0.409 e. The maximum Gasteiger partial charge on any atom is 0.172 e. The quantitative estimate of drug-likeness (QED) is 0.293. The Hall–Kier alpha value is -1.71. The summed E-state index contributed by atoms with van der Waals surface area (Å²) in [7, 11) is 2.12. The van der Waals surface area contributed by atoms with E-state index in [9.17, 15) is 0 Å². The van der Waals surface area contributed by atoms with Gasteiger partial charge in [-0.1, -0.05) is 36.9 Å². The first-order valence-corrected chi connectivity index (χ1v) is 7.45. The van der Waals surface area contributed by atoms with E-state index in [1.807, 2.05) is 12.1 Å². The molecule has 1 aromatic carbocycles. The van der Waals surface area contributed by atoms with Crippen LogP contribution in [-0.2, 0) is 0 Å². The molecule has 4 heteroatoms. The minimum absolute atomic E-state index is 0.181. The highest BCUT2D eigenvalue weighted by Gasteiger charge is 2.20. The first kappa shape index (κ1) is 14.7. The molecule has 110 valence electrons. The number of amidine groups is 1. The predicted octanol–water partition coefficient (Wildman–Crippen LogP) is 3.25. The smallest absolute Gasteiger partial charge is 0.172 e. The van der Waals surface area contributed by atoms with Gasteiger partial charge in [0.1, 0.15) is 0 Å². The monoisotopic (exact) mass is 275 g/mol. The highest BCUT2D eigenvalue weighted by Crippen LogP contribution is 2.28. The van der Waals surface area contributed by atoms with E-state index in [1.54, 1.807) is 0 Å². The summed E-state index contributed by atoms with van der Waals surface area (Å²) < 4.78 is 0. The lowest BCUT2D eigenvalue weighted by Crippen LogP contribution is -2.33. The molecule has 1 aliphatic rings. The molecule has 1 aromatic rings. The molecule has 0 heterocycles. The summed E-state index contributed by atoms with van der Waals surface area (Å²) >= 11 is 0. The topological polar surface area (TPSA) is 61.9 Å². The van der Waals surface area contributed by atoms with Gasteiger partial charge in [-0.25, -0.2) is 0 Å². The Balaban J connectivity index is 2.31. The minimum Gasteiger partial charge on any atom is -0.409 e. The van der Waals surface area contributed by atoms with Crippen molar-refractivity contribution in [2.24, 2.45) is 10.9 Å². The molecule has 0 amide bonds. The fraction of sp³-hybridized carbons (Fsp3) is 0.562. The van der Waals surface area contributed by atoms with Gasteiger partial charge in [0.25, 0.3) is 0 Å². The number of benzene rings is 1. The molecule has 0 radical (unpaired) electrons. The summed E-state index contributed by atoms with van der Waals surface area (Å²) in [5, 5.41) is 12.1. The van der Waals surface area contributed by atoms with E-state index < -0.39 is 0 Å². The molecule has 1 saturated carbocycles. The van der Waals surface area contributed by atoms with Gasteiger partial charge in [-0.15, -0.1) is 0 Å². The molecule has 0 saturated heterocycles. The van der Waals surface area contributed by atoms with Crippen LogP contribution in [0.3, 0.4) is 0 Å². The zero-order valence-corrected chi connectivity index (χ0v) is 12.5. The average molecular weight is 275 g/mol. The van der Waals surface area contributed by atoms with Crippen LogP contribution in [0, 0.1) is 6.92 Å². The number of hydrogen-bond donors (Lipinski definition) is 2. The third-order valence-electron chi connectivity index (χ3n) is 4.29. The molecule has 0 aromatic heterocycles. The first-order chi connectivity index (χ1) is 9.63. The standard InChI is InChI=1S/C16H25N3O/c1-12-9-10-14(16(17)18-20)15(11-12)19(2)13-7-5-3-4-6-8-13/h9-11,13,20H,3-8H2,1-2H3,(H2,17,18). The summed E-state index contributed by atoms with van der Waals surface area (Å²) in [6.45, 7) is 2.07. The number of rotatable bonds is 3. The number of anilines is 1. The third kappa shape index (κ3) is 3.24. The predicted molar refractivity (Wildman–Crippen MR) is 83.6 cm³/mol. The van der Waals surface area contributed by atoms with Gasteiger partial charge < -0.3 is 15.8 Å². The van der Waals surface area contributed by atoms with Crippen molar-refractivity contribution in [2.75, 3.05) is 11.9 Å². The van der Waals surface area contributed by atoms with Crippen molar-refractivity contribution in [3.05, 3.63) is 29.3 Å². The number of aryl methyl sites for hydroxylation is 1. The molecule has 4 nitrogen and oxygen atoms in total. The van der Waals surface area contributed by atoms with Crippen LogP contribution < -0.4 is 10.6 Å². The molecule has 2 rings (SSSR count). The fourth-order valence-electron chi connectivity index (χ4n) is 3.05.